The largest absolute Gasteiger partial charge is 0.484 e. The van der Waals surface area contributed by atoms with Gasteiger partial charge in [-0.1, -0.05) is 36.4 Å². The third-order valence-corrected chi connectivity index (χ3v) is 5.89. The number of nitrogens with zero attached hydrogens (tertiary/aromatic N) is 2. The maximum absolute atomic E-state index is 12.7. The first-order valence-electron chi connectivity index (χ1n) is 10.2. The van der Waals surface area contributed by atoms with Gasteiger partial charge < -0.3 is 20.3 Å². The van der Waals surface area contributed by atoms with E-state index in [1.54, 1.807) is 4.90 Å². The topological polar surface area (TPSA) is 75.9 Å². The highest BCUT2D eigenvalue weighted by Gasteiger charge is 2.35. The van der Waals surface area contributed by atoms with Crippen molar-refractivity contribution in [2.75, 3.05) is 37.7 Å². The van der Waals surface area contributed by atoms with Crippen LogP contribution in [0.25, 0.3) is 0 Å². The summed E-state index contributed by atoms with van der Waals surface area (Å²) in [6.45, 7) is 2.58. The maximum atomic E-state index is 12.7. The Kier molecular flexibility index (Phi) is 5.81. The molecule has 0 radical (unpaired) electrons. The van der Waals surface area contributed by atoms with Crippen LogP contribution in [-0.4, -0.2) is 49.5 Å². The molecule has 0 bridgehead atoms. The first-order chi connectivity index (χ1) is 14.2. The van der Waals surface area contributed by atoms with Crippen LogP contribution in [0.4, 0.5) is 5.69 Å². The lowest BCUT2D eigenvalue weighted by Crippen LogP contribution is -2.33. The van der Waals surface area contributed by atoms with Crippen molar-refractivity contribution in [1.82, 2.24) is 4.90 Å². The highest BCUT2D eigenvalue weighted by molar-refractivity contribution is 5.95. The lowest BCUT2D eigenvalue weighted by molar-refractivity contribution is -0.132. The summed E-state index contributed by atoms with van der Waals surface area (Å²) in [6, 6.07) is 17.6. The molecule has 4 rings (SSSR count). The molecule has 2 fully saturated rings. The quantitative estimate of drug-likeness (QED) is 0.818. The molecule has 2 aliphatic rings. The Morgan fingerprint density at radius 3 is 2.66 bits per heavy atom. The van der Waals surface area contributed by atoms with Crippen LogP contribution in [-0.2, 0) is 9.59 Å². The van der Waals surface area contributed by atoms with Gasteiger partial charge in [0.15, 0.2) is 6.61 Å². The third kappa shape index (κ3) is 4.27. The van der Waals surface area contributed by atoms with Crippen molar-refractivity contribution >= 4 is 17.5 Å². The first kappa shape index (κ1) is 19.5. The van der Waals surface area contributed by atoms with Crippen molar-refractivity contribution in [3.8, 4) is 5.75 Å². The molecule has 2 heterocycles. The van der Waals surface area contributed by atoms with Gasteiger partial charge in [-0.2, -0.15) is 0 Å². The van der Waals surface area contributed by atoms with Crippen molar-refractivity contribution in [2.45, 2.75) is 18.8 Å². The molecule has 2 saturated heterocycles. The van der Waals surface area contributed by atoms with E-state index in [1.165, 1.54) is 5.56 Å². The Morgan fingerprint density at radius 2 is 1.93 bits per heavy atom. The van der Waals surface area contributed by atoms with Crippen LogP contribution in [0.1, 0.15) is 24.3 Å². The summed E-state index contributed by atoms with van der Waals surface area (Å²) in [4.78, 5) is 28.3. The molecule has 6 nitrogen and oxygen atoms in total. The van der Waals surface area contributed by atoms with Gasteiger partial charge in [0.25, 0.3) is 5.91 Å². The standard InChI is InChI=1S/C23H27N3O3/c24-13-18-14-25(15-21(18)17-6-2-1-3-7-17)23(28)16-29-20-9-4-8-19(12-20)26-11-5-10-22(26)27/h1-4,6-9,12,18,21H,5,10-11,13-16,24H2/t18-,21+/m1/s1. The van der Waals surface area contributed by atoms with E-state index in [1.807, 2.05) is 47.4 Å². The normalized spacial score (nSPS) is 21.6. The molecule has 0 aromatic heterocycles. The number of hydrogen-bond acceptors (Lipinski definition) is 4. The predicted octanol–water partition coefficient (Wildman–Crippen LogP) is 2.39. The Morgan fingerprint density at radius 1 is 1.10 bits per heavy atom. The summed E-state index contributed by atoms with van der Waals surface area (Å²) in [6.07, 6.45) is 1.46. The number of likely N-dealkylation sites (tertiary alicyclic amines) is 1. The number of rotatable bonds is 6. The minimum atomic E-state index is -0.0375. The molecular weight excluding hydrogens is 366 g/mol. The van der Waals surface area contributed by atoms with Gasteiger partial charge in [0, 0.05) is 43.7 Å². The average Bonchev–Trinajstić information content (AvgIpc) is 3.39. The van der Waals surface area contributed by atoms with Gasteiger partial charge in [-0.3, -0.25) is 9.59 Å². The summed E-state index contributed by atoms with van der Waals surface area (Å²) in [5, 5.41) is 0. The smallest absolute Gasteiger partial charge is 0.260 e. The SMILES string of the molecule is NC[C@@H]1CN(C(=O)COc2cccc(N3CCCC3=O)c2)C[C@H]1c1ccccc1. The van der Waals surface area contributed by atoms with Crippen molar-refractivity contribution in [1.29, 1.82) is 0 Å². The molecule has 29 heavy (non-hydrogen) atoms. The van der Waals surface area contributed by atoms with Crippen LogP contribution < -0.4 is 15.4 Å². The Balaban J connectivity index is 1.37. The van der Waals surface area contributed by atoms with Gasteiger partial charge in [0.1, 0.15) is 5.75 Å². The van der Waals surface area contributed by atoms with Crippen molar-refractivity contribution in [3.05, 3.63) is 60.2 Å². The fraction of sp³-hybridized carbons (Fsp3) is 0.391. The van der Waals surface area contributed by atoms with E-state index < -0.39 is 0 Å². The van der Waals surface area contributed by atoms with E-state index >= 15 is 0 Å². The molecular formula is C23H27N3O3. The van der Waals surface area contributed by atoms with Crippen LogP contribution in [0.15, 0.2) is 54.6 Å². The molecule has 2 aromatic carbocycles. The Hall–Kier alpha value is -2.86. The number of carbonyl (C=O) groups is 2. The van der Waals surface area contributed by atoms with Crippen molar-refractivity contribution in [3.63, 3.8) is 0 Å². The van der Waals surface area contributed by atoms with Gasteiger partial charge in [-0.25, -0.2) is 0 Å². The zero-order valence-corrected chi connectivity index (χ0v) is 16.5. The van der Waals surface area contributed by atoms with E-state index in [0.29, 0.717) is 31.8 Å². The lowest BCUT2D eigenvalue weighted by atomic mass is 9.89. The van der Waals surface area contributed by atoms with E-state index in [2.05, 4.69) is 12.1 Å². The minimum absolute atomic E-state index is 0.0177. The number of anilines is 1. The molecule has 2 N–H and O–H groups in total. The second kappa shape index (κ2) is 8.66. The van der Waals surface area contributed by atoms with Crippen molar-refractivity contribution in [2.24, 2.45) is 11.7 Å². The monoisotopic (exact) mass is 393 g/mol. The van der Waals surface area contributed by atoms with Gasteiger partial charge in [0.05, 0.1) is 0 Å². The summed E-state index contributed by atoms with van der Waals surface area (Å²) in [5.41, 5.74) is 8.02. The van der Waals surface area contributed by atoms with Crippen molar-refractivity contribution < 1.29 is 14.3 Å². The third-order valence-electron chi connectivity index (χ3n) is 5.89. The maximum Gasteiger partial charge on any atom is 0.260 e. The lowest BCUT2D eigenvalue weighted by Gasteiger charge is -2.18. The fourth-order valence-electron chi connectivity index (χ4n) is 4.29. The number of nitrogens with two attached hydrogens (primary N) is 1. The number of benzene rings is 2. The molecule has 0 saturated carbocycles. The van der Waals surface area contributed by atoms with Gasteiger partial charge >= 0.3 is 0 Å². The van der Waals surface area contributed by atoms with Crippen LogP contribution in [0.2, 0.25) is 0 Å². The zero-order valence-electron chi connectivity index (χ0n) is 16.5. The van der Waals surface area contributed by atoms with Crippen LogP contribution in [0.3, 0.4) is 0 Å². The number of ether oxygens (including phenoxy) is 1. The summed E-state index contributed by atoms with van der Waals surface area (Å²) < 4.78 is 5.77. The molecule has 2 atom stereocenters. The molecule has 2 aromatic rings. The van der Waals surface area contributed by atoms with Crippen LogP contribution >= 0.6 is 0 Å². The average molecular weight is 393 g/mol. The number of amides is 2. The van der Waals surface area contributed by atoms with E-state index in [9.17, 15) is 9.59 Å². The van der Waals surface area contributed by atoms with E-state index in [0.717, 1.165) is 18.7 Å². The number of carbonyl (C=O) groups excluding carboxylic acids is 2. The first-order valence-corrected chi connectivity index (χ1v) is 10.2. The summed E-state index contributed by atoms with van der Waals surface area (Å²) in [7, 11) is 0. The van der Waals surface area contributed by atoms with Crippen LogP contribution in [0.5, 0.6) is 5.75 Å². The van der Waals surface area contributed by atoms with Gasteiger partial charge in [0.2, 0.25) is 5.91 Å². The molecule has 6 heteroatoms. The Bertz CT molecular complexity index is 871. The molecule has 0 spiro atoms. The fourth-order valence-corrected chi connectivity index (χ4v) is 4.29. The van der Waals surface area contributed by atoms with Gasteiger partial charge in [-0.15, -0.1) is 0 Å². The molecule has 0 aliphatic carbocycles. The summed E-state index contributed by atoms with van der Waals surface area (Å²) >= 11 is 0. The second-order valence-electron chi connectivity index (χ2n) is 7.75. The Labute approximate surface area is 171 Å². The molecule has 2 aliphatic heterocycles. The summed E-state index contributed by atoms with van der Waals surface area (Å²) in [5.74, 6) is 1.21. The predicted molar refractivity (Wildman–Crippen MR) is 112 cm³/mol. The molecule has 0 unspecified atom stereocenters. The molecule has 2 amide bonds. The van der Waals surface area contributed by atoms with E-state index in [-0.39, 0.29) is 30.3 Å². The second-order valence-corrected chi connectivity index (χ2v) is 7.75. The minimum Gasteiger partial charge on any atom is -0.484 e. The highest BCUT2D eigenvalue weighted by atomic mass is 16.5. The molecule has 152 valence electrons. The van der Waals surface area contributed by atoms with Gasteiger partial charge in [-0.05, 0) is 36.6 Å². The highest BCUT2D eigenvalue weighted by Crippen LogP contribution is 2.32. The van der Waals surface area contributed by atoms with E-state index in [4.69, 9.17) is 10.5 Å². The number of hydrogen-bond donors (Lipinski definition) is 1. The zero-order chi connectivity index (χ0) is 20.2. The van der Waals surface area contributed by atoms with Crippen LogP contribution in [0, 0.1) is 5.92 Å².